The van der Waals surface area contributed by atoms with Gasteiger partial charge in [0.05, 0.1) is 16.4 Å². The van der Waals surface area contributed by atoms with Crippen molar-refractivity contribution in [2.45, 2.75) is 20.3 Å². The molecule has 0 saturated heterocycles. The lowest BCUT2D eigenvalue weighted by Gasteiger charge is -2.29. The minimum absolute atomic E-state index is 0.213. The maximum Gasteiger partial charge on any atom is 0.242 e. The van der Waals surface area contributed by atoms with Crippen molar-refractivity contribution in [2.24, 2.45) is 0 Å². The number of rotatable bonds is 8. The average Bonchev–Trinajstić information content (AvgIpc) is 2.61. The van der Waals surface area contributed by atoms with Gasteiger partial charge in [0.15, 0.2) is 4.33 Å². The molecule has 0 aromatic heterocycles. The molecular formula is C15H14Cl4N2O5S2. The molecular weight excluding hydrogens is 494 g/mol. The summed E-state index contributed by atoms with van der Waals surface area (Å²) in [5.41, 5.74) is 0. The van der Waals surface area contributed by atoms with E-state index in [0.717, 1.165) is 0 Å². The van der Waals surface area contributed by atoms with Gasteiger partial charge in [-0.3, -0.25) is 0 Å². The molecule has 0 fully saturated rings. The van der Waals surface area contributed by atoms with Gasteiger partial charge >= 0.3 is 0 Å². The molecule has 0 amide bonds. The van der Waals surface area contributed by atoms with Gasteiger partial charge in [-0.1, -0.05) is 46.4 Å². The van der Waals surface area contributed by atoms with Gasteiger partial charge in [-0.25, -0.2) is 16.8 Å². The summed E-state index contributed by atoms with van der Waals surface area (Å²) in [7, 11) is -8.53. The Labute approximate surface area is 182 Å². The number of nitrogens with one attached hydrogen (secondary N) is 2. The zero-order valence-electron chi connectivity index (χ0n) is 13.8. The summed E-state index contributed by atoms with van der Waals surface area (Å²) in [4.78, 5) is -0.427. The van der Waals surface area contributed by atoms with Crippen molar-refractivity contribution in [1.82, 2.24) is 9.44 Å². The third-order valence-corrected chi connectivity index (χ3v) is 7.48. The second-order valence-corrected chi connectivity index (χ2v) is 11.3. The van der Waals surface area contributed by atoms with Crippen LogP contribution in [-0.4, -0.2) is 39.0 Å². The molecule has 0 spiro atoms. The highest BCUT2D eigenvalue weighted by molar-refractivity contribution is 7.90. The number of sulfonamides is 2. The number of hydrogen-bond acceptors (Lipinski definition) is 5. The molecule has 13 heteroatoms. The van der Waals surface area contributed by atoms with Gasteiger partial charge in [0.2, 0.25) is 20.0 Å². The van der Waals surface area contributed by atoms with Crippen molar-refractivity contribution in [2.75, 3.05) is 6.61 Å². The molecule has 0 heterocycles. The van der Waals surface area contributed by atoms with E-state index in [9.17, 15) is 21.9 Å². The molecule has 28 heavy (non-hydrogen) atoms. The molecule has 2 rings (SSSR count). The SMILES string of the molecule is O=S(=O)(NC(NS(=O)(=O)c1ccc(Cl)cc1)C(Cl)(Cl)CO)c1ccc(Cl)cc1. The van der Waals surface area contributed by atoms with Gasteiger partial charge in [-0.15, -0.1) is 0 Å². The maximum atomic E-state index is 12.6. The second-order valence-electron chi connectivity index (χ2n) is 5.50. The number of aliphatic hydroxyl groups is 1. The Hall–Kier alpha value is -0.620. The van der Waals surface area contributed by atoms with Gasteiger partial charge in [0, 0.05) is 10.0 Å². The zero-order valence-corrected chi connectivity index (χ0v) is 18.5. The predicted molar refractivity (Wildman–Crippen MR) is 109 cm³/mol. The minimum Gasteiger partial charge on any atom is -0.393 e. The molecule has 3 N–H and O–H groups in total. The van der Waals surface area contributed by atoms with Crippen LogP contribution in [-0.2, 0) is 20.0 Å². The van der Waals surface area contributed by atoms with Crippen LogP contribution in [0.4, 0.5) is 0 Å². The highest BCUT2D eigenvalue weighted by atomic mass is 35.5. The minimum atomic E-state index is -4.27. The van der Waals surface area contributed by atoms with Crippen molar-refractivity contribution in [3.63, 3.8) is 0 Å². The highest BCUT2D eigenvalue weighted by Crippen LogP contribution is 2.27. The molecule has 7 nitrogen and oxygen atoms in total. The van der Waals surface area contributed by atoms with Crippen molar-refractivity contribution < 1.29 is 21.9 Å². The maximum absolute atomic E-state index is 12.6. The molecule has 2 aromatic carbocycles. The normalized spacial score (nSPS) is 13.1. The van der Waals surface area contributed by atoms with Crippen LogP contribution in [0.3, 0.4) is 0 Å². The summed E-state index contributed by atoms with van der Waals surface area (Å²) in [6.07, 6.45) is -1.80. The number of benzene rings is 2. The highest BCUT2D eigenvalue weighted by Gasteiger charge is 2.40. The Kier molecular flexibility index (Phi) is 7.63. The fourth-order valence-corrected chi connectivity index (χ4v) is 5.17. The monoisotopic (exact) mass is 506 g/mol. The number of hydrogen-bond donors (Lipinski definition) is 3. The predicted octanol–water partition coefficient (Wildman–Crippen LogP) is 2.74. The van der Waals surface area contributed by atoms with E-state index in [2.05, 4.69) is 0 Å². The van der Waals surface area contributed by atoms with E-state index in [-0.39, 0.29) is 9.79 Å². The first kappa shape index (κ1) is 23.7. The summed E-state index contributed by atoms with van der Waals surface area (Å²) in [5.74, 6) is 0. The average molecular weight is 508 g/mol. The van der Waals surface area contributed by atoms with Gasteiger partial charge in [-0.2, -0.15) is 9.44 Å². The Balaban J connectivity index is 2.37. The van der Waals surface area contributed by atoms with Crippen LogP contribution in [0, 0.1) is 0 Å². The first-order valence-corrected chi connectivity index (χ1v) is 11.9. The van der Waals surface area contributed by atoms with Crippen molar-refractivity contribution in [1.29, 1.82) is 0 Å². The van der Waals surface area contributed by atoms with E-state index < -0.39 is 37.2 Å². The topological polar surface area (TPSA) is 113 Å². The van der Waals surface area contributed by atoms with Crippen molar-refractivity contribution in [3.05, 3.63) is 58.6 Å². The third kappa shape index (κ3) is 5.94. The van der Waals surface area contributed by atoms with Crippen LogP contribution in [0.1, 0.15) is 0 Å². The van der Waals surface area contributed by atoms with Crippen LogP contribution in [0.5, 0.6) is 0 Å². The van der Waals surface area contributed by atoms with Gasteiger partial charge in [0.1, 0.15) is 6.17 Å². The van der Waals surface area contributed by atoms with E-state index in [4.69, 9.17) is 46.4 Å². The fourth-order valence-electron chi connectivity index (χ4n) is 1.96. The molecule has 0 radical (unpaired) electrons. The summed E-state index contributed by atoms with van der Waals surface area (Å²) < 4.78 is 52.2. The molecule has 0 aliphatic rings. The molecule has 0 saturated carbocycles. The molecule has 0 bridgehead atoms. The summed E-state index contributed by atoms with van der Waals surface area (Å²) >= 11 is 23.4. The molecule has 2 aromatic rings. The standard InChI is InChI=1S/C15H14Cl4N2O5S2/c16-10-1-5-12(6-2-10)27(23,24)20-14(15(18,19)9-22)21-28(25,26)13-7-3-11(17)4-8-13/h1-8,14,20-22H,9H2. The first-order chi connectivity index (χ1) is 12.9. The van der Waals surface area contributed by atoms with E-state index in [1.54, 1.807) is 0 Å². The van der Waals surface area contributed by atoms with Gasteiger partial charge < -0.3 is 5.11 Å². The van der Waals surface area contributed by atoms with Crippen LogP contribution in [0.15, 0.2) is 58.3 Å². The zero-order chi connectivity index (χ0) is 21.2. The van der Waals surface area contributed by atoms with E-state index in [0.29, 0.717) is 10.0 Å². The van der Waals surface area contributed by atoms with Gasteiger partial charge in [0.25, 0.3) is 0 Å². The van der Waals surface area contributed by atoms with E-state index in [1.807, 2.05) is 9.44 Å². The smallest absolute Gasteiger partial charge is 0.242 e. The van der Waals surface area contributed by atoms with Crippen molar-refractivity contribution in [3.8, 4) is 0 Å². The number of alkyl halides is 2. The molecule has 154 valence electrons. The first-order valence-electron chi connectivity index (χ1n) is 7.42. The summed E-state index contributed by atoms with van der Waals surface area (Å²) in [6, 6.07) is 10.2. The van der Waals surface area contributed by atoms with E-state index >= 15 is 0 Å². The molecule has 0 aliphatic carbocycles. The Bertz CT molecular complexity index is 950. The number of halogens is 4. The lowest BCUT2D eigenvalue weighted by Crippen LogP contribution is -2.58. The van der Waals surface area contributed by atoms with Crippen LogP contribution in [0.25, 0.3) is 0 Å². The van der Waals surface area contributed by atoms with Crippen LogP contribution < -0.4 is 9.44 Å². The lowest BCUT2D eigenvalue weighted by molar-refractivity contribution is 0.256. The summed E-state index contributed by atoms with van der Waals surface area (Å²) in [5, 5.41) is 10.0. The van der Waals surface area contributed by atoms with Crippen LogP contribution >= 0.6 is 46.4 Å². The molecule has 0 aliphatic heterocycles. The second kappa shape index (κ2) is 9.03. The van der Waals surface area contributed by atoms with E-state index in [1.165, 1.54) is 48.5 Å². The number of aliphatic hydroxyl groups excluding tert-OH is 1. The third-order valence-electron chi connectivity index (χ3n) is 3.43. The van der Waals surface area contributed by atoms with Crippen molar-refractivity contribution >= 4 is 66.5 Å². The lowest BCUT2D eigenvalue weighted by atomic mass is 10.4. The largest absolute Gasteiger partial charge is 0.393 e. The molecule has 0 unspecified atom stereocenters. The molecule has 0 atom stereocenters. The summed E-state index contributed by atoms with van der Waals surface area (Å²) in [6.45, 7) is -0.951. The Morgan fingerprint density at radius 2 is 1.11 bits per heavy atom. The Morgan fingerprint density at radius 3 is 1.39 bits per heavy atom. The van der Waals surface area contributed by atoms with Crippen LogP contribution in [0.2, 0.25) is 10.0 Å². The Morgan fingerprint density at radius 1 is 0.786 bits per heavy atom. The van der Waals surface area contributed by atoms with Gasteiger partial charge in [-0.05, 0) is 48.5 Å². The quantitative estimate of drug-likeness (QED) is 0.375. The fraction of sp³-hybridized carbons (Fsp3) is 0.200.